The molecule has 152 valence electrons. The molecule has 0 fully saturated rings. The molecule has 0 aliphatic heterocycles. The van der Waals surface area contributed by atoms with Crippen LogP contribution in [0.1, 0.15) is 17.0 Å². The molecule has 28 heavy (non-hydrogen) atoms. The second-order valence-electron chi connectivity index (χ2n) is 5.85. The van der Waals surface area contributed by atoms with Crippen LogP contribution in [0.25, 0.3) is 5.65 Å². The van der Waals surface area contributed by atoms with Crippen LogP contribution in [0.15, 0.2) is 35.7 Å². The van der Waals surface area contributed by atoms with E-state index in [1.807, 2.05) is 30.1 Å². The maximum absolute atomic E-state index is 13.0. The van der Waals surface area contributed by atoms with Gasteiger partial charge in [-0.25, -0.2) is 0 Å². The first-order valence-corrected chi connectivity index (χ1v) is 8.31. The second-order valence-corrected chi connectivity index (χ2v) is 6.26. The average molecular weight is 528 g/mol. The number of alkyl halides is 3. The molecule has 0 radical (unpaired) electrons. The molecule has 2 N–H and O–H groups in total. The van der Waals surface area contributed by atoms with Gasteiger partial charge in [0, 0.05) is 39.2 Å². The third kappa shape index (κ3) is 5.07. The summed E-state index contributed by atoms with van der Waals surface area (Å²) in [5, 5.41) is 13.8. The van der Waals surface area contributed by atoms with E-state index in [1.54, 1.807) is 7.05 Å². The highest BCUT2D eigenvalue weighted by molar-refractivity contribution is 14.0. The Labute approximate surface area is 181 Å². The van der Waals surface area contributed by atoms with Crippen molar-refractivity contribution >= 4 is 47.2 Å². The van der Waals surface area contributed by atoms with Crippen LogP contribution in [0.3, 0.4) is 0 Å². The Bertz CT molecular complexity index is 980. The van der Waals surface area contributed by atoms with E-state index >= 15 is 0 Å². The zero-order chi connectivity index (χ0) is 19.6. The van der Waals surface area contributed by atoms with Crippen LogP contribution in [-0.4, -0.2) is 32.2 Å². The van der Waals surface area contributed by atoms with E-state index in [-0.39, 0.29) is 47.0 Å². The number of hydrogen-bond donors (Lipinski definition) is 2. The van der Waals surface area contributed by atoms with Crippen molar-refractivity contribution in [1.29, 1.82) is 0 Å². The molecular weight excluding hydrogens is 510 g/mol. The third-order valence-electron chi connectivity index (χ3n) is 3.85. The Morgan fingerprint density at radius 1 is 1.21 bits per heavy atom. The molecule has 0 saturated carbocycles. The van der Waals surface area contributed by atoms with Gasteiger partial charge in [-0.1, -0.05) is 11.6 Å². The molecule has 0 amide bonds. The molecule has 0 aliphatic carbocycles. The van der Waals surface area contributed by atoms with Crippen molar-refractivity contribution in [2.75, 3.05) is 7.05 Å². The number of rotatable bonds is 4. The lowest BCUT2D eigenvalue weighted by atomic mass is 10.3. The molecule has 0 saturated heterocycles. The van der Waals surface area contributed by atoms with E-state index in [1.165, 1.54) is 4.40 Å². The number of nitrogens with one attached hydrogen (secondary N) is 2. The quantitative estimate of drug-likeness (QED) is 0.311. The molecule has 0 spiro atoms. The van der Waals surface area contributed by atoms with Crippen molar-refractivity contribution in [3.05, 3.63) is 52.7 Å². The molecule has 3 heterocycles. The molecule has 3 aromatic rings. The van der Waals surface area contributed by atoms with Gasteiger partial charge in [0.25, 0.3) is 0 Å². The van der Waals surface area contributed by atoms with Crippen LogP contribution in [0, 0.1) is 0 Å². The van der Waals surface area contributed by atoms with E-state index in [2.05, 4.69) is 25.8 Å². The van der Waals surface area contributed by atoms with Gasteiger partial charge in [0.1, 0.15) is 0 Å². The van der Waals surface area contributed by atoms with Gasteiger partial charge >= 0.3 is 6.18 Å². The number of aromatic nitrogens is 4. The number of nitrogens with zero attached hydrogens (tertiary/aromatic N) is 5. The van der Waals surface area contributed by atoms with Gasteiger partial charge in [0.2, 0.25) is 0 Å². The van der Waals surface area contributed by atoms with Crippen LogP contribution in [0.4, 0.5) is 13.2 Å². The van der Waals surface area contributed by atoms with E-state index in [9.17, 15) is 13.2 Å². The predicted molar refractivity (Wildman–Crippen MR) is 111 cm³/mol. The van der Waals surface area contributed by atoms with Crippen molar-refractivity contribution in [3.8, 4) is 0 Å². The average Bonchev–Trinajstić information content (AvgIpc) is 3.21. The fourth-order valence-electron chi connectivity index (χ4n) is 2.51. The van der Waals surface area contributed by atoms with E-state index < -0.39 is 11.7 Å². The molecule has 0 aliphatic rings. The molecule has 12 heteroatoms. The number of halogens is 5. The summed E-state index contributed by atoms with van der Waals surface area (Å²) in [6.45, 7) is 0.665. The Hall–Kier alpha value is -2.02. The SMILES string of the molecule is CN=C(NCc1ccn(C)c1)NCc1nnc2c(Cl)cc(C(F)(F)F)cn12.I. The largest absolute Gasteiger partial charge is 0.417 e. The highest BCUT2D eigenvalue weighted by Gasteiger charge is 2.32. The Morgan fingerprint density at radius 2 is 1.93 bits per heavy atom. The van der Waals surface area contributed by atoms with E-state index in [0.717, 1.165) is 17.8 Å². The molecular formula is C16H18ClF3IN7. The van der Waals surface area contributed by atoms with Crippen molar-refractivity contribution in [1.82, 2.24) is 29.8 Å². The van der Waals surface area contributed by atoms with Gasteiger partial charge in [0.15, 0.2) is 17.4 Å². The standard InChI is InChI=1S/C16H17ClF3N7.HI/c1-21-15(22-6-10-3-4-26(2)8-10)23-7-13-24-25-14-12(17)5-11(9-27(13)14)16(18,19)20;/h3-5,8-9H,6-7H2,1-2H3,(H2,21,22,23);1H. The molecule has 0 unspecified atom stereocenters. The second kappa shape index (κ2) is 8.99. The molecule has 3 rings (SSSR count). The third-order valence-corrected chi connectivity index (χ3v) is 4.13. The highest BCUT2D eigenvalue weighted by atomic mass is 127. The predicted octanol–water partition coefficient (Wildman–Crippen LogP) is 3.22. The summed E-state index contributed by atoms with van der Waals surface area (Å²) in [6, 6.07) is 2.80. The van der Waals surface area contributed by atoms with Crippen molar-refractivity contribution in [2.24, 2.45) is 12.0 Å². The minimum atomic E-state index is -4.51. The first-order valence-electron chi connectivity index (χ1n) is 7.93. The summed E-state index contributed by atoms with van der Waals surface area (Å²) in [6.07, 6.45) is 0.308. The zero-order valence-corrected chi connectivity index (χ0v) is 18.0. The Morgan fingerprint density at radius 3 is 2.54 bits per heavy atom. The highest BCUT2D eigenvalue weighted by Crippen LogP contribution is 2.32. The summed E-state index contributed by atoms with van der Waals surface area (Å²) in [5.41, 5.74) is 0.358. The fraction of sp³-hybridized carbons (Fsp3) is 0.312. The van der Waals surface area contributed by atoms with Crippen molar-refractivity contribution in [2.45, 2.75) is 19.3 Å². The van der Waals surface area contributed by atoms with Gasteiger partial charge in [-0.3, -0.25) is 9.39 Å². The molecule has 0 bridgehead atoms. The minimum Gasteiger partial charge on any atom is -0.357 e. The number of hydrogen-bond acceptors (Lipinski definition) is 3. The first kappa shape index (κ1) is 22.3. The van der Waals surface area contributed by atoms with Gasteiger partial charge in [-0.05, 0) is 17.7 Å². The van der Waals surface area contributed by atoms with Gasteiger partial charge < -0.3 is 15.2 Å². The number of aliphatic imine (C=N–C) groups is 1. The van der Waals surface area contributed by atoms with Gasteiger partial charge in [-0.15, -0.1) is 34.2 Å². The van der Waals surface area contributed by atoms with Crippen LogP contribution < -0.4 is 10.6 Å². The van der Waals surface area contributed by atoms with E-state index in [4.69, 9.17) is 11.6 Å². The summed E-state index contributed by atoms with van der Waals surface area (Å²) >= 11 is 5.91. The number of pyridine rings is 1. The van der Waals surface area contributed by atoms with Gasteiger partial charge in [0.05, 0.1) is 17.1 Å². The van der Waals surface area contributed by atoms with Crippen molar-refractivity contribution < 1.29 is 13.2 Å². The van der Waals surface area contributed by atoms with Crippen LogP contribution in [0.5, 0.6) is 0 Å². The summed E-state index contributed by atoms with van der Waals surface area (Å²) in [7, 11) is 3.52. The zero-order valence-electron chi connectivity index (χ0n) is 15.0. The number of aryl methyl sites for hydroxylation is 1. The lowest BCUT2D eigenvalue weighted by Crippen LogP contribution is -2.36. The Kier molecular flexibility index (Phi) is 7.15. The molecule has 7 nitrogen and oxygen atoms in total. The smallest absolute Gasteiger partial charge is 0.357 e. The summed E-state index contributed by atoms with van der Waals surface area (Å²) in [4.78, 5) is 4.09. The van der Waals surface area contributed by atoms with Gasteiger partial charge in [-0.2, -0.15) is 13.2 Å². The van der Waals surface area contributed by atoms with Crippen LogP contribution in [0.2, 0.25) is 5.02 Å². The lowest BCUT2D eigenvalue weighted by molar-refractivity contribution is -0.137. The van der Waals surface area contributed by atoms with Crippen molar-refractivity contribution in [3.63, 3.8) is 0 Å². The summed E-state index contributed by atoms with van der Waals surface area (Å²) < 4.78 is 42.2. The topological polar surface area (TPSA) is 71.5 Å². The molecule has 0 aromatic carbocycles. The molecule has 0 atom stereocenters. The van der Waals surface area contributed by atoms with E-state index in [0.29, 0.717) is 12.5 Å². The monoisotopic (exact) mass is 527 g/mol. The first-order chi connectivity index (χ1) is 12.8. The maximum Gasteiger partial charge on any atom is 0.417 e. The number of fused-ring (bicyclic) bond motifs is 1. The Balaban J connectivity index is 0.00000280. The minimum absolute atomic E-state index is 0. The van der Waals surface area contributed by atoms with Crippen LogP contribution >= 0.6 is 35.6 Å². The number of guanidine groups is 1. The lowest BCUT2D eigenvalue weighted by Gasteiger charge is -2.11. The summed E-state index contributed by atoms with van der Waals surface area (Å²) in [5.74, 6) is 0.759. The molecule has 3 aromatic heterocycles. The van der Waals surface area contributed by atoms with Crippen LogP contribution in [-0.2, 0) is 26.3 Å². The fourth-order valence-corrected chi connectivity index (χ4v) is 2.76. The normalized spacial score (nSPS) is 12.1. The maximum atomic E-state index is 13.0.